The van der Waals surface area contributed by atoms with E-state index >= 15 is 0 Å². The number of carbonyl (C=O) groups excluding carboxylic acids is 1. The van der Waals surface area contributed by atoms with Crippen LogP contribution < -0.4 is 5.32 Å². The van der Waals surface area contributed by atoms with Crippen LogP contribution in [0.4, 0.5) is 0 Å². The number of rotatable bonds is 3. The molecule has 3 nitrogen and oxygen atoms in total. The lowest BCUT2D eigenvalue weighted by Gasteiger charge is -2.13. The van der Waals surface area contributed by atoms with Gasteiger partial charge in [0.25, 0.3) is 5.91 Å². The van der Waals surface area contributed by atoms with Crippen LogP contribution in [-0.4, -0.2) is 17.3 Å². The van der Waals surface area contributed by atoms with Gasteiger partial charge in [0, 0.05) is 11.4 Å². The third-order valence-corrected chi connectivity index (χ3v) is 4.30. The van der Waals surface area contributed by atoms with Crippen molar-refractivity contribution in [3.8, 4) is 0 Å². The molecule has 0 aromatic carbocycles. The summed E-state index contributed by atoms with van der Waals surface area (Å²) in [5.41, 5.74) is 0. The fourth-order valence-electron chi connectivity index (χ4n) is 1.97. The molecule has 1 saturated carbocycles. The van der Waals surface area contributed by atoms with Crippen molar-refractivity contribution in [2.75, 3.05) is 6.54 Å². The van der Waals surface area contributed by atoms with Gasteiger partial charge in [-0.25, -0.2) is 0 Å². The van der Waals surface area contributed by atoms with Crippen LogP contribution in [0.5, 0.6) is 0 Å². The predicted octanol–water partition coefficient (Wildman–Crippen LogP) is 3.23. The molecule has 2 rings (SSSR count). The maximum absolute atomic E-state index is 11.6. The smallest absolute Gasteiger partial charge is 0.287 e. The van der Waals surface area contributed by atoms with Crippen LogP contribution in [0, 0.1) is 5.92 Å². The fourth-order valence-corrected chi connectivity index (χ4v) is 2.89. The molecule has 0 spiro atoms. The molecule has 1 aliphatic rings. The summed E-state index contributed by atoms with van der Waals surface area (Å²) < 4.78 is 5.03. The average Bonchev–Trinajstić information content (AvgIpc) is 2.84. The average molecular weight is 307 g/mol. The number of carbonyl (C=O) groups is 1. The van der Waals surface area contributed by atoms with Gasteiger partial charge in [0.05, 0.1) is 0 Å². The molecule has 2 unspecified atom stereocenters. The Labute approximate surface area is 108 Å². The van der Waals surface area contributed by atoms with Crippen LogP contribution in [0.15, 0.2) is 16.5 Å². The Hall–Kier alpha value is -0.480. The highest BCUT2D eigenvalue weighted by Gasteiger charge is 2.25. The number of amides is 1. The second-order valence-electron chi connectivity index (χ2n) is 4.02. The van der Waals surface area contributed by atoms with Crippen molar-refractivity contribution in [1.29, 1.82) is 0 Å². The minimum Gasteiger partial charge on any atom is -0.440 e. The van der Waals surface area contributed by atoms with E-state index in [1.165, 1.54) is 12.8 Å². The number of nitrogens with one attached hydrogen (secondary N) is 1. The number of alkyl halides is 1. The summed E-state index contributed by atoms with van der Waals surface area (Å²) in [5, 5.41) is 3.10. The minimum absolute atomic E-state index is 0.196. The van der Waals surface area contributed by atoms with Crippen molar-refractivity contribution >= 4 is 33.4 Å². The van der Waals surface area contributed by atoms with Gasteiger partial charge in [0.2, 0.25) is 0 Å². The number of hydrogen-bond acceptors (Lipinski definition) is 2. The molecular formula is C11H13BrClNO2. The lowest BCUT2D eigenvalue weighted by atomic mass is 10.1. The Balaban J connectivity index is 1.84. The molecule has 1 aliphatic carbocycles. The quantitative estimate of drug-likeness (QED) is 0.871. The monoisotopic (exact) mass is 305 g/mol. The Morgan fingerprint density at radius 2 is 2.38 bits per heavy atom. The molecule has 88 valence electrons. The van der Waals surface area contributed by atoms with Gasteiger partial charge in [0.15, 0.2) is 11.0 Å². The van der Waals surface area contributed by atoms with Crippen LogP contribution in [0.3, 0.4) is 0 Å². The Kier molecular flexibility index (Phi) is 3.92. The largest absolute Gasteiger partial charge is 0.440 e. The number of furan rings is 1. The summed E-state index contributed by atoms with van der Waals surface area (Å²) in [7, 11) is 0. The molecule has 0 bridgehead atoms. The minimum atomic E-state index is -0.196. The summed E-state index contributed by atoms with van der Waals surface area (Å²) >= 11 is 9.22. The van der Waals surface area contributed by atoms with Crippen molar-refractivity contribution in [3.63, 3.8) is 0 Å². The van der Waals surface area contributed by atoms with E-state index in [0.717, 1.165) is 6.42 Å². The first kappa shape index (κ1) is 12.0. The van der Waals surface area contributed by atoms with Crippen molar-refractivity contribution in [1.82, 2.24) is 5.32 Å². The highest BCUT2D eigenvalue weighted by molar-refractivity contribution is 9.09. The van der Waals surface area contributed by atoms with Gasteiger partial charge >= 0.3 is 0 Å². The summed E-state index contributed by atoms with van der Waals surface area (Å²) in [4.78, 5) is 12.2. The van der Waals surface area contributed by atoms with Crippen molar-refractivity contribution in [2.24, 2.45) is 5.92 Å². The third-order valence-electron chi connectivity index (χ3n) is 2.89. The van der Waals surface area contributed by atoms with E-state index in [9.17, 15) is 4.79 Å². The zero-order valence-corrected chi connectivity index (χ0v) is 11.1. The van der Waals surface area contributed by atoms with E-state index in [1.54, 1.807) is 12.1 Å². The third kappa shape index (κ3) is 2.80. The van der Waals surface area contributed by atoms with Gasteiger partial charge in [-0.3, -0.25) is 4.79 Å². The molecule has 0 saturated heterocycles. The van der Waals surface area contributed by atoms with E-state index in [1.807, 2.05) is 0 Å². The van der Waals surface area contributed by atoms with Gasteiger partial charge in [-0.2, -0.15) is 0 Å². The van der Waals surface area contributed by atoms with Crippen molar-refractivity contribution in [3.05, 3.63) is 23.1 Å². The summed E-state index contributed by atoms with van der Waals surface area (Å²) in [6, 6.07) is 3.15. The molecule has 1 amide bonds. The van der Waals surface area contributed by atoms with Gasteiger partial charge in [-0.15, -0.1) is 0 Å². The molecule has 1 aromatic heterocycles. The van der Waals surface area contributed by atoms with Gasteiger partial charge in [0.1, 0.15) is 0 Å². The van der Waals surface area contributed by atoms with Crippen molar-refractivity contribution < 1.29 is 9.21 Å². The van der Waals surface area contributed by atoms with Gasteiger partial charge < -0.3 is 9.73 Å². The molecule has 0 radical (unpaired) electrons. The van der Waals surface area contributed by atoms with E-state index in [0.29, 0.717) is 17.3 Å². The summed E-state index contributed by atoms with van der Waals surface area (Å²) in [6.07, 6.45) is 3.57. The zero-order valence-electron chi connectivity index (χ0n) is 8.71. The molecule has 1 fully saturated rings. The van der Waals surface area contributed by atoms with Crippen LogP contribution in [0.25, 0.3) is 0 Å². The molecule has 1 heterocycles. The van der Waals surface area contributed by atoms with Gasteiger partial charge in [-0.1, -0.05) is 22.4 Å². The number of hydrogen-bond donors (Lipinski definition) is 1. The first-order chi connectivity index (χ1) is 7.66. The second-order valence-corrected chi connectivity index (χ2v) is 5.57. The van der Waals surface area contributed by atoms with Crippen LogP contribution in [0.1, 0.15) is 29.8 Å². The maximum atomic E-state index is 11.6. The fraction of sp³-hybridized carbons (Fsp3) is 0.545. The summed E-state index contributed by atoms with van der Waals surface area (Å²) in [6.45, 7) is 0.688. The second kappa shape index (κ2) is 5.23. The first-order valence-corrected chi connectivity index (χ1v) is 6.64. The highest BCUT2D eigenvalue weighted by atomic mass is 79.9. The Bertz CT molecular complexity index is 380. The van der Waals surface area contributed by atoms with Crippen LogP contribution in [-0.2, 0) is 0 Å². The summed E-state index contributed by atoms with van der Waals surface area (Å²) in [5.74, 6) is 0.599. The molecule has 16 heavy (non-hydrogen) atoms. The number of halogens is 2. The predicted molar refractivity (Wildman–Crippen MR) is 66.1 cm³/mol. The van der Waals surface area contributed by atoms with E-state index in [2.05, 4.69) is 21.2 Å². The SMILES string of the molecule is O=C(NCC1CCCC1Br)c1ccc(Cl)o1. The lowest BCUT2D eigenvalue weighted by Crippen LogP contribution is -2.30. The van der Waals surface area contributed by atoms with E-state index < -0.39 is 0 Å². The molecule has 1 N–H and O–H groups in total. The standard InChI is InChI=1S/C11H13BrClNO2/c12-8-3-1-2-7(8)6-14-11(15)9-4-5-10(13)16-9/h4-5,7-8H,1-3,6H2,(H,14,15). The highest BCUT2D eigenvalue weighted by Crippen LogP contribution is 2.30. The zero-order chi connectivity index (χ0) is 11.5. The first-order valence-electron chi connectivity index (χ1n) is 5.34. The lowest BCUT2D eigenvalue weighted by molar-refractivity contribution is 0.0920. The molecule has 5 heteroatoms. The molecule has 0 aliphatic heterocycles. The normalized spacial score (nSPS) is 24.6. The maximum Gasteiger partial charge on any atom is 0.287 e. The van der Waals surface area contributed by atoms with Crippen molar-refractivity contribution in [2.45, 2.75) is 24.1 Å². The van der Waals surface area contributed by atoms with Crippen LogP contribution >= 0.6 is 27.5 Å². The van der Waals surface area contributed by atoms with E-state index in [-0.39, 0.29) is 16.9 Å². The van der Waals surface area contributed by atoms with E-state index in [4.69, 9.17) is 16.0 Å². The Morgan fingerprint density at radius 1 is 1.56 bits per heavy atom. The topological polar surface area (TPSA) is 42.2 Å². The van der Waals surface area contributed by atoms with Gasteiger partial charge in [-0.05, 0) is 42.5 Å². The molecule has 2 atom stereocenters. The molecular weight excluding hydrogens is 293 g/mol. The Morgan fingerprint density at radius 3 is 2.94 bits per heavy atom. The van der Waals surface area contributed by atoms with Crippen LogP contribution in [0.2, 0.25) is 5.22 Å². The molecule has 1 aromatic rings.